The SMILES string of the molecule is C[n+]1ccccc1SCc1cccc(I)c1. The van der Waals surface area contributed by atoms with Gasteiger partial charge in [-0.3, -0.25) is 0 Å². The maximum absolute atomic E-state index is 2.35. The fourth-order valence-electron chi connectivity index (χ4n) is 1.44. The summed E-state index contributed by atoms with van der Waals surface area (Å²) in [6.45, 7) is 0. The van der Waals surface area contributed by atoms with Gasteiger partial charge < -0.3 is 0 Å². The van der Waals surface area contributed by atoms with Crippen molar-refractivity contribution in [2.24, 2.45) is 7.05 Å². The summed E-state index contributed by atoms with van der Waals surface area (Å²) in [5.74, 6) is 1.02. The molecule has 0 spiro atoms. The van der Waals surface area contributed by atoms with Crippen molar-refractivity contribution in [3.05, 3.63) is 57.8 Å². The van der Waals surface area contributed by atoms with Crippen LogP contribution < -0.4 is 4.57 Å². The molecule has 16 heavy (non-hydrogen) atoms. The molecule has 1 nitrogen and oxygen atoms in total. The first-order chi connectivity index (χ1) is 7.75. The van der Waals surface area contributed by atoms with Gasteiger partial charge in [0.2, 0.25) is 5.03 Å². The topological polar surface area (TPSA) is 3.88 Å². The third kappa shape index (κ3) is 3.22. The summed E-state index contributed by atoms with van der Waals surface area (Å²) in [5, 5.41) is 1.29. The smallest absolute Gasteiger partial charge is 0.196 e. The van der Waals surface area contributed by atoms with Crippen molar-refractivity contribution >= 4 is 34.4 Å². The van der Waals surface area contributed by atoms with Gasteiger partial charge in [-0.15, -0.1) is 0 Å². The number of rotatable bonds is 3. The number of halogens is 1. The highest BCUT2D eigenvalue weighted by atomic mass is 127. The minimum atomic E-state index is 1.02. The minimum Gasteiger partial charge on any atom is -0.196 e. The van der Waals surface area contributed by atoms with E-state index in [4.69, 9.17) is 0 Å². The summed E-state index contributed by atoms with van der Waals surface area (Å²) in [4.78, 5) is 0. The molecule has 0 atom stereocenters. The molecule has 0 saturated heterocycles. The average Bonchev–Trinajstić information content (AvgIpc) is 2.28. The zero-order valence-electron chi connectivity index (χ0n) is 9.06. The molecule has 0 radical (unpaired) electrons. The Morgan fingerprint density at radius 2 is 2.06 bits per heavy atom. The van der Waals surface area contributed by atoms with Crippen molar-refractivity contribution in [2.45, 2.75) is 10.8 Å². The summed E-state index contributed by atoms with van der Waals surface area (Å²) < 4.78 is 3.45. The van der Waals surface area contributed by atoms with Gasteiger partial charge >= 0.3 is 0 Å². The molecule has 0 aliphatic carbocycles. The van der Waals surface area contributed by atoms with E-state index >= 15 is 0 Å². The molecule has 0 unspecified atom stereocenters. The maximum atomic E-state index is 2.35. The van der Waals surface area contributed by atoms with Gasteiger partial charge in [0.05, 0.1) is 0 Å². The van der Waals surface area contributed by atoms with Crippen LogP contribution in [0.3, 0.4) is 0 Å². The summed E-state index contributed by atoms with van der Waals surface area (Å²) in [7, 11) is 2.08. The van der Waals surface area contributed by atoms with Crippen molar-refractivity contribution in [3.8, 4) is 0 Å². The van der Waals surface area contributed by atoms with Crippen LogP contribution in [0.15, 0.2) is 53.7 Å². The Hall–Kier alpha value is -0.550. The quantitative estimate of drug-likeness (QED) is 0.470. The summed E-state index contributed by atoms with van der Waals surface area (Å²) in [5.41, 5.74) is 1.38. The second kappa shape index (κ2) is 5.68. The van der Waals surface area contributed by atoms with Crippen LogP contribution in [-0.4, -0.2) is 0 Å². The number of pyridine rings is 1. The van der Waals surface area contributed by atoms with E-state index in [9.17, 15) is 0 Å². The zero-order valence-corrected chi connectivity index (χ0v) is 12.0. The Morgan fingerprint density at radius 3 is 2.81 bits per heavy atom. The maximum Gasteiger partial charge on any atom is 0.240 e. The van der Waals surface area contributed by atoms with E-state index in [-0.39, 0.29) is 0 Å². The van der Waals surface area contributed by atoms with Gasteiger partial charge in [-0.2, -0.15) is 4.57 Å². The third-order valence-corrected chi connectivity index (χ3v) is 4.15. The number of hydrogen-bond donors (Lipinski definition) is 0. The van der Waals surface area contributed by atoms with Gasteiger partial charge in [0.1, 0.15) is 7.05 Å². The largest absolute Gasteiger partial charge is 0.240 e. The molecule has 1 aromatic heterocycles. The van der Waals surface area contributed by atoms with Gasteiger partial charge in [0.15, 0.2) is 6.20 Å². The monoisotopic (exact) mass is 342 g/mol. The lowest BCUT2D eigenvalue weighted by Crippen LogP contribution is -2.29. The van der Waals surface area contributed by atoms with Crippen LogP contribution in [0.1, 0.15) is 5.56 Å². The highest BCUT2D eigenvalue weighted by Gasteiger charge is 2.05. The number of aryl methyl sites for hydroxylation is 1. The van der Waals surface area contributed by atoms with E-state index in [2.05, 4.69) is 82.9 Å². The molecule has 0 fully saturated rings. The zero-order chi connectivity index (χ0) is 11.4. The standard InChI is InChI=1S/C13H13INS/c1-15-8-3-2-7-13(15)16-10-11-5-4-6-12(14)9-11/h2-9H,10H2,1H3/q+1. The molecule has 2 aromatic rings. The van der Waals surface area contributed by atoms with Crippen LogP contribution in [-0.2, 0) is 12.8 Å². The summed E-state index contributed by atoms with van der Waals surface area (Å²) >= 11 is 4.22. The molecule has 1 aromatic carbocycles. The van der Waals surface area contributed by atoms with Gasteiger partial charge in [0, 0.05) is 21.5 Å². The first-order valence-electron chi connectivity index (χ1n) is 5.07. The predicted molar refractivity (Wildman–Crippen MR) is 76.3 cm³/mol. The molecule has 0 bridgehead atoms. The van der Waals surface area contributed by atoms with Crippen molar-refractivity contribution < 1.29 is 4.57 Å². The van der Waals surface area contributed by atoms with Gasteiger partial charge in [-0.1, -0.05) is 23.9 Å². The van der Waals surface area contributed by atoms with Crippen molar-refractivity contribution in [3.63, 3.8) is 0 Å². The Morgan fingerprint density at radius 1 is 1.19 bits per heavy atom. The molecule has 0 aliphatic rings. The molecular weight excluding hydrogens is 329 g/mol. The van der Waals surface area contributed by atoms with Gasteiger partial charge in [-0.05, 0) is 46.4 Å². The van der Waals surface area contributed by atoms with Crippen LogP contribution >= 0.6 is 34.4 Å². The number of nitrogens with zero attached hydrogens (tertiary/aromatic N) is 1. The molecule has 0 amide bonds. The first-order valence-corrected chi connectivity index (χ1v) is 7.14. The molecule has 2 rings (SSSR count). The number of benzene rings is 1. The normalized spacial score (nSPS) is 10.4. The Balaban J connectivity index is 2.05. The molecule has 82 valence electrons. The number of thioether (sulfide) groups is 1. The molecule has 0 N–H and O–H groups in total. The highest BCUT2D eigenvalue weighted by molar-refractivity contribution is 14.1. The Kier molecular flexibility index (Phi) is 4.23. The summed E-state index contributed by atoms with van der Waals surface area (Å²) in [6.07, 6.45) is 2.08. The highest BCUT2D eigenvalue weighted by Crippen LogP contribution is 2.20. The molecule has 3 heteroatoms. The van der Waals surface area contributed by atoms with E-state index in [1.54, 1.807) is 0 Å². The van der Waals surface area contributed by atoms with E-state index in [0.29, 0.717) is 0 Å². The second-order valence-electron chi connectivity index (χ2n) is 3.57. The number of aromatic nitrogens is 1. The third-order valence-electron chi connectivity index (χ3n) is 2.28. The lowest BCUT2D eigenvalue weighted by molar-refractivity contribution is -0.708. The van der Waals surface area contributed by atoms with E-state index in [1.807, 2.05) is 11.8 Å². The Bertz CT molecular complexity index is 485. The Labute approximate surface area is 114 Å². The van der Waals surface area contributed by atoms with E-state index < -0.39 is 0 Å². The fraction of sp³-hybridized carbons (Fsp3) is 0.154. The van der Waals surface area contributed by atoms with Crippen LogP contribution in [0.5, 0.6) is 0 Å². The van der Waals surface area contributed by atoms with Crippen molar-refractivity contribution in [1.82, 2.24) is 0 Å². The molecule has 0 saturated carbocycles. The lowest BCUT2D eigenvalue weighted by Gasteiger charge is -2.01. The molecule has 1 heterocycles. The van der Waals surface area contributed by atoms with E-state index in [0.717, 1.165) is 5.75 Å². The summed E-state index contributed by atoms with van der Waals surface area (Å²) in [6, 6.07) is 14.9. The number of hydrogen-bond acceptors (Lipinski definition) is 1. The van der Waals surface area contributed by atoms with Crippen LogP contribution in [0, 0.1) is 3.57 Å². The van der Waals surface area contributed by atoms with Crippen LogP contribution in [0.25, 0.3) is 0 Å². The van der Waals surface area contributed by atoms with Crippen molar-refractivity contribution in [1.29, 1.82) is 0 Å². The van der Waals surface area contributed by atoms with Crippen LogP contribution in [0.2, 0.25) is 0 Å². The lowest BCUT2D eigenvalue weighted by atomic mass is 10.2. The van der Waals surface area contributed by atoms with Crippen molar-refractivity contribution in [2.75, 3.05) is 0 Å². The van der Waals surface area contributed by atoms with Crippen LogP contribution in [0.4, 0.5) is 0 Å². The molecular formula is C13H13INS+. The van der Waals surface area contributed by atoms with Gasteiger partial charge in [-0.25, -0.2) is 0 Å². The first kappa shape index (κ1) is 11.9. The predicted octanol–water partition coefficient (Wildman–Crippen LogP) is 3.41. The minimum absolute atomic E-state index is 1.02. The average molecular weight is 342 g/mol. The van der Waals surface area contributed by atoms with E-state index in [1.165, 1.54) is 14.2 Å². The van der Waals surface area contributed by atoms with Gasteiger partial charge in [0.25, 0.3) is 0 Å². The fourth-order valence-corrected chi connectivity index (χ4v) is 2.98. The molecule has 0 aliphatic heterocycles. The second-order valence-corrected chi connectivity index (χ2v) is 5.81.